The van der Waals surface area contributed by atoms with Crippen LogP contribution in [0, 0.1) is 11.3 Å². The quantitative estimate of drug-likeness (QED) is 0.174. The van der Waals surface area contributed by atoms with E-state index in [-0.39, 0.29) is 5.41 Å². The molecule has 6 aromatic carbocycles. The lowest BCUT2D eigenvalue weighted by atomic mass is 9.81. The van der Waals surface area contributed by atoms with Crippen LogP contribution in [0.1, 0.15) is 42.3 Å². The SMILES string of the molecule is CC1(C)c2cc(C#N)ccc2-c2ccc(-c3cccc4c3oc3ccc(-c5cccc(C(N)Nc6ncccc6-c6ccccc6)c5)cc34)cc21. The van der Waals surface area contributed by atoms with E-state index in [2.05, 4.69) is 121 Å². The first-order valence-electron chi connectivity index (χ1n) is 17.2. The molecule has 5 nitrogen and oxygen atoms in total. The number of aromatic nitrogens is 1. The van der Waals surface area contributed by atoms with Crippen LogP contribution in [0.25, 0.3) is 66.4 Å². The summed E-state index contributed by atoms with van der Waals surface area (Å²) in [5.74, 6) is 0.744. The number of nitrogens with two attached hydrogens (primary N) is 1. The molecule has 0 radical (unpaired) electrons. The molecule has 0 amide bonds. The summed E-state index contributed by atoms with van der Waals surface area (Å²) in [6, 6.07) is 50.4. The lowest BCUT2D eigenvalue weighted by Crippen LogP contribution is -2.21. The number of hydrogen-bond donors (Lipinski definition) is 2. The van der Waals surface area contributed by atoms with Crippen LogP contribution in [-0.2, 0) is 5.41 Å². The molecule has 1 unspecified atom stereocenters. The van der Waals surface area contributed by atoms with Gasteiger partial charge in [-0.3, -0.25) is 0 Å². The van der Waals surface area contributed by atoms with Crippen molar-refractivity contribution < 1.29 is 4.42 Å². The zero-order valence-corrected chi connectivity index (χ0v) is 28.3. The summed E-state index contributed by atoms with van der Waals surface area (Å²) in [6.45, 7) is 4.48. The van der Waals surface area contributed by atoms with Crippen LogP contribution in [0.4, 0.5) is 5.82 Å². The summed E-state index contributed by atoms with van der Waals surface area (Å²) < 4.78 is 6.60. The maximum Gasteiger partial charge on any atom is 0.143 e. The summed E-state index contributed by atoms with van der Waals surface area (Å²) in [4.78, 5) is 4.61. The van der Waals surface area contributed by atoms with Gasteiger partial charge in [0, 0.05) is 33.5 Å². The fraction of sp³-hybridized carbons (Fsp3) is 0.0870. The topological polar surface area (TPSA) is 87.9 Å². The Balaban J connectivity index is 1.05. The largest absolute Gasteiger partial charge is 0.455 e. The van der Waals surface area contributed by atoms with Gasteiger partial charge >= 0.3 is 0 Å². The van der Waals surface area contributed by atoms with E-state index in [4.69, 9.17) is 10.2 Å². The number of fused-ring (bicyclic) bond motifs is 6. The van der Waals surface area contributed by atoms with E-state index in [9.17, 15) is 5.26 Å². The zero-order chi connectivity index (χ0) is 34.7. The van der Waals surface area contributed by atoms with E-state index >= 15 is 0 Å². The second-order valence-corrected chi connectivity index (χ2v) is 13.8. The molecule has 9 rings (SSSR count). The van der Waals surface area contributed by atoms with Gasteiger partial charge in [0.25, 0.3) is 0 Å². The Hall–Kier alpha value is -6.48. The Kier molecular flexibility index (Phi) is 7.10. The first-order chi connectivity index (χ1) is 24.9. The molecular weight excluding hydrogens is 625 g/mol. The summed E-state index contributed by atoms with van der Waals surface area (Å²) >= 11 is 0. The molecule has 1 atom stereocenters. The number of furan rings is 1. The molecule has 2 heterocycles. The predicted octanol–water partition coefficient (Wildman–Crippen LogP) is 11.2. The highest BCUT2D eigenvalue weighted by Crippen LogP contribution is 2.50. The maximum atomic E-state index is 9.55. The van der Waals surface area contributed by atoms with Crippen molar-refractivity contribution in [2.75, 3.05) is 5.32 Å². The normalized spacial score (nSPS) is 13.5. The number of nitrogens with zero attached hydrogens (tertiary/aromatic N) is 2. The molecule has 5 heteroatoms. The number of pyridine rings is 1. The first kappa shape index (κ1) is 30.6. The van der Waals surface area contributed by atoms with Crippen molar-refractivity contribution in [2.24, 2.45) is 5.73 Å². The molecule has 0 fully saturated rings. The molecule has 51 heavy (non-hydrogen) atoms. The molecule has 0 spiro atoms. The number of rotatable bonds is 6. The number of para-hydroxylation sites is 1. The fourth-order valence-electron chi connectivity index (χ4n) is 7.69. The summed E-state index contributed by atoms with van der Waals surface area (Å²) in [5.41, 5.74) is 21.2. The third-order valence-corrected chi connectivity index (χ3v) is 10.4. The Bertz CT molecular complexity index is 2680. The van der Waals surface area contributed by atoms with Crippen LogP contribution in [0.2, 0.25) is 0 Å². The fourth-order valence-corrected chi connectivity index (χ4v) is 7.69. The van der Waals surface area contributed by atoms with Crippen LogP contribution in [0.15, 0.2) is 150 Å². The number of anilines is 1. The number of nitrogens with one attached hydrogen (secondary N) is 1. The standard InChI is InChI=1S/C46H34N4O/c1-46(2)40-23-28(27-47)16-19-36(40)37-20-17-32(26-41(37)46)34-13-7-14-38-39-25-31(18-21-42(39)51-43(34)38)30-11-6-12-33(24-30)44(48)50-45-35(15-8-22-49-45)29-9-4-3-5-10-29/h3-26,44H,48H2,1-2H3,(H,49,50). The van der Waals surface area contributed by atoms with Crippen molar-refractivity contribution in [3.8, 4) is 50.6 Å². The third kappa shape index (κ3) is 5.08. The van der Waals surface area contributed by atoms with Crippen molar-refractivity contribution in [1.29, 1.82) is 5.26 Å². The summed E-state index contributed by atoms with van der Waals surface area (Å²) in [6.07, 6.45) is 1.33. The van der Waals surface area contributed by atoms with E-state index < -0.39 is 6.17 Å². The van der Waals surface area contributed by atoms with Crippen LogP contribution >= 0.6 is 0 Å². The van der Waals surface area contributed by atoms with Gasteiger partial charge in [0.1, 0.15) is 23.1 Å². The van der Waals surface area contributed by atoms with Crippen molar-refractivity contribution in [3.05, 3.63) is 168 Å². The van der Waals surface area contributed by atoms with Gasteiger partial charge in [-0.1, -0.05) is 105 Å². The molecule has 0 saturated heterocycles. The number of benzene rings is 6. The van der Waals surface area contributed by atoms with Gasteiger partial charge < -0.3 is 15.5 Å². The predicted molar refractivity (Wildman–Crippen MR) is 207 cm³/mol. The van der Waals surface area contributed by atoms with Crippen molar-refractivity contribution >= 4 is 27.8 Å². The monoisotopic (exact) mass is 658 g/mol. The second-order valence-electron chi connectivity index (χ2n) is 13.8. The van der Waals surface area contributed by atoms with Gasteiger partial charge in [-0.15, -0.1) is 0 Å². The van der Waals surface area contributed by atoms with Crippen LogP contribution < -0.4 is 11.1 Å². The Morgan fingerprint density at radius 3 is 2.22 bits per heavy atom. The average Bonchev–Trinajstić information content (AvgIpc) is 3.66. The average molecular weight is 659 g/mol. The third-order valence-electron chi connectivity index (χ3n) is 10.4. The van der Waals surface area contributed by atoms with Crippen molar-refractivity contribution in [3.63, 3.8) is 0 Å². The highest BCUT2D eigenvalue weighted by Gasteiger charge is 2.36. The van der Waals surface area contributed by atoms with E-state index in [1.54, 1.807) is 6.20 Å². The molecule has 0 aliphatic heterocycles. The highest BCUT2D eigenvalue weighted by atomic mass is 16.3. The Labute approximate surface area is 296 Å². The van der Waals surface area contributed by atoms with Crippen molar-refractivity contribution in [1.82, 2.24) is 4.98 Å². The van der Waals surface area contributed by atoms with E-state index in [1.807, 2.05) is 48.5 Å². The van der Waals surface area contributed by atoms with Gasteiger partial charge in [-0.05, 0) is 98.6 Å². The number of hydrogen-bond acceptors (Lipinski definition) is 5. The Morgan fingerprint density at radius 2 is 1.37 bits per heavy atom. The minimum absolute atomic E-state index is 0.224. The summed E-state index contributed by atoms with van der Waals surface area (Å²) in [7, 11) is 0. The van der Waals surface area contributed by atoms with Crippen LogP contribution in [-0.4, -0.2) is 4.98 Å². The lowest BCUT2D eigenvalue weighted by Gasteiger charge is -2.22. The lowest BCUT2D eigenvalue weighted by molar-refractivity contribution is 0.660. The molecule has 0 bridgehead atoms. The molecule has 0 saturated carbocycles. The second kappa shape index (κ2) is 11.8. The molecule has 2 aromatic heterocycles. The molecule has 8 aromatic rings. The first-order valence-corrected chi connectivity index (χ1v) is 17.2. The van der Waals surface area contributed by atoms with E-state index in [0.29, 0.717) is 5.56 Å². The van der Waals surface area contributed by atoms with Crippen LogP contribution in [0.5, 0.6) is 0 Å². The smallest absolute Gasteiger partial charge is 0.143 e. The molecule has 244 valence electrons. The zero-order valence-electron chi connectivity index (χ0n) is 28.3. The number of nitriles is 1. The molecule has 3 N–H and O–H groups in total. The van der Waals surface area contributed by atoms with E-state index in [0.717, 1.165) is 66.7 Å². The van der Waals surface area contributed by atoms with Gasteiger partial charge in [0.15, 0.2) is 0 Å². The van der Waals surface area contributed by atoms with E-state index in [1.165, 1.54) is 22.3 Å². The minimum Gasteiger partial charge on any atom is -0.455 e. The minimum atomic E-state index is -0.457. The Morgan fingerprint density at radius 1 is 0.647 bits per heavy atom. The van der Waals surface area contributed by atoms with Gasteiger partial charge in [0.05, 0.1) is 11.6 Å². The molecule has 1 aliphatic carbocycles. The van der Waals surface area contributed by atoms with Crippen molar-refractivity contribution in [2.45, 2.75) is 25.4 Å². The molecule has 1 aliphatic rings. The highest BCUT2D eigenvalue weighted by molar-refractivity contribution is 6.10. The van der Waals surface area contributed by atoms with Gasteiger partial charge in [0.2, 0.25) is 0 Å². The molecular formula is C46H34N4O. The maximum absolute atomic E-state index is 9.55. The van der Waals surface area contributed by atoms with Crippen LogP contribution in [0.3, 0.4) is 0 Å². The summed E-state index contributed by atoms with van der Waals surface area (Å²) in [5, 5.41) is 15.1. The van der Waals surface area contributed by atoms with Gasteiger partial charge in [-0.25, -0.2) is 4.98 Å². The van der Waals surface area contributed by atoms with Gasteiger partial charge in [-0.2, -0.15) is 5.26 Å².